The van der Waals surface area contributed by atoms with E-state index in [1.807, 2.05) is 25.1 Å². The highest BCUT2D eigenvalue weighted by Crippen LogP contribution is 2.06. The zero-order valence-corrected chi connectivity index (χ0v) is 12.5. The van der Waals surface area contributed by atoms with Crippen molar-refractivity contribution in [1.29, 1.82) is 0 Å². The van der Waals surface area contributed by atoms with E-state index in [4.69, 9.17) is 12.2 Å². The number of allylic oxidation sites excluding steroid dienone is 1. The minimum atomic E-state index is 0.525. The first-order valence-electron chi connectivity index (χ1n) is 6.64. The van der Waals surface area contributed by atoms with Crippen molar-refractivity contribution in [3.8, 4) is 0 Å². The number of nitrogens with zero attached hydrogens (tertiary/aromatic N) is 3. The topological polar surface area (TPSA) is 46.0 Å². The third-order valence-corrected chi connectivity index (χ3v) is 3.03. The van der Waals surface area contributed by atoms with Gasteiger partial charge in [-0.1, -0.05) is 43.3 Å². The van der Waals surface area contributed by atoms with Crippen LogP contribution in [0.3, 0.4) is 0 Å². The van der Waals surface area contributed by atoms with E-state index in [2.05, 4.69) is 40.4 Å². The van der Waals surface area contributed by atoms with Crippen molar-refractivity contribution >= 4 is 24.5 Å². The summed E-state index contributed by atoms with van der Waals surface area (Å²) in [4.78, 5) is 0. The molecule has 0 fully saturated rings. The van der Waals surface area contributed by atoms with Crippen LogP contribution in [0.25, 0.3) is 6.08 Å². The molecule has 0 aliphatic rings. The summed E-state index contributed by atoms with van der Waals surface area (Å²) in [5.74, 6) is 0.862. The van der Waals surface area contributed by atoms with Crippen LogP contribution in [0, 0.1) is 4.77 Å². The van der Waals surface area contributed by atoms with E-state index in [0.717, 1.165) is 29.8 Å². The first-order chi connectivity index (χ1) is 9.70. The van der Waals surface area contributed by atoms with Gasteiger partial charge in [0.25, 0.3) is 0 Å². The zero-order chi connectivity index (χ0) is 14.4. The lowest BCUT2D eigenvalue weighted by atomic mass is 10.1. The van der Waals surface area contributed by atoms with E-state index in [9.17, 15) is 0 Å². The summed E-state index contributed by atoms with van der Waals surface area (Å²) >= 11 is 5.18. The Morgan fingerprint density at radius 2 is 2.15 bits per heavy atom. The molecule has 1 heterocycles. The van der Waals surface area contributed by atoms with Crippen LogP contribution in [0.2, 0.25) is 0 Å². The predicted molar refractivity (Wildman–Crippen MR) is 85.4 cm³/mol. The van der Waals surface area contributed by atoms with Crippen LogP contribution in [-0.2, 0) is 6.42 Å². The Labute approximate surface area is 123 Å². The molecule has 0 unspecified atom stereocenters. The summed E-state index contributed by atoms with van der Waals surface area (Å²) in [7, 11) is 0. The van der Waals surface area contributed by atoms with E-state index in [0.29, 0.717) is 4.77 Å². The minimum Gasteiger partial charge on any atom is -0.250 e. The third kappa shape index (κ3) is 3.74. The summed E-state index contributed by atoms with van der Waals surface area (Å²) in [5, 5.41) is 11.4. The molecule has 2 rings (SSSR count). The number of aryl methyl sites for hydroxylation is 1. The number of hydrogen-bond donors (Lipinski definition) is 1. The molecular formula is C15H18N4S. The number of nitrogens with one attached hydrogen (secondary N) is 1. The smallest absolute Gasteiger partial charge is 0.216 e. The van der Waals surface area contributed by atoms with Crippen molar-refractivity contribution in [2.24, 2.45) is 5.10 Å². The molecule has 5 heteroatoms. The summed E-state index contributed by atoms with van der Waals surface area (Å²) in [6, 6.07) is 10.2. The Morgan fingerprint density at radius 3 is 2.85 bits per heavy atom. The number of hydrogen-bond acceptors (Lipinski definition) is 3. The maximum atomic E-state index is 5.18. The van der Waals surface area contributed by atoms with Crippen LogP contribution >= 0.6 is 12.2 Å². The first-order valence-corrected chi connectivity index (χ1v) is 7.05. The van der Waals surface area contributed by atoms with Crippen molar-refractivity contribution in [1.82, 2.24) is 14.9 Å². The molecule has 0 saturated carbocycles. The van der Waals surface area contributed by atoms with Crippen LogP contribution in [-0.4, -0.2) is 21.1 Å². The molecule has 0 amide bonds. The minimum absolute atomic E-state index is 0.525. The highest BCUT2D eigenvalue weighted by Gasteiger charge is 2.02. The van der Waals surface area contributed by atoms with E-state index < -0.39 is 0 Å². The number of rotatable bonds is 5. The molecule has 0 radical (unpaired) electrons. The fourth-order valence-corrected chi connectivity index (χ4v) is 2.03. The standard InChI is InChI=1S/C15H18N4S/c1-3-7-14-17-18-15(20)19(14)16-11-12(2)10-13-8-5-4-6-9-13/h4-6,8-11H,3,7H2,1-2H3,(H,18,20)/b12-10-,16-11+. The lowest BCUT2D eigenvalue weighted by Gasteiger charge is -1.98. The lowest BCUT2D eigenvalue weighted by Crippen LogP contribution is -1.98. The molecule has 0 saturated heterocycles. The molecule has 104 valence electrons. The molecule has 0 aliphatic carbocycles. The van der Waals surface area contributed by atoms with Crippen molar-refractivity contribution in [2.45, 2.75) is 26.7 Å². The third-order valence-electron chi connectivity index (χ3n) is 2.76. The number of aromatic amines is 1. The van der Waals surface area contributed by atoms with E-state index in [-0.39, 0.29) is 0 Å². The highest BCUT2D eigenvalue weighted by atomic mass is 32.1. The number of benzene rings is 1. The van der Waals surface area contributed by atoms with E-state index in [1.54, 1.807) is 10.9 Å². The Balaban J connectivity index is 2.19. The Hall–Kier alpha value is -2.01. The molecule has 4 nitrogen and oxygen atoms in total. The van der Waals surface area contributed by atoms with Crippen molar-refractivity contribution < 1.29 is 0 Å². The molecule has 1 N–H and O–H groups in total. The van der Waals surface area contributed by atoms with Gasteiger partial charge in [0.1, 0.15) is 0 Å². The molecule has 0 bridgehead atoms. The van der Waals surface area contributed by atoms with Gasteiger partial charge < -0.3 is 0 Å². The van der Waals surface area contributed by atoms with Gasteiger partial charge in [0, 0.05) is 6.42 Å². The van der Waals surface area contributed by atoms with Gasteiger partial charge in [-0.25, -0.2) is 0 Å². The maximum Gasteiger partial charge on any atom is 0.216 e. The molecular weight excluding hydrogens is 268 g/mol. The van der Waals surface area contributed by atoms with Gasteiger partial charge in [0.05, 0.1) is 6.21 Å². The molecule has 2 aromatic rings. The second kappa shape index (κ2) is 6.96. The highest BCUT2D eigenvalue weighted by molar-refractivity contribution is 7.71. The van der Waals surface area contributed by atoms with Gasteiger partial charge in [-0.2, -0.15) is 14.9 Å². The summed E-state index contributed by atoms with van der Waals surface area (Å²) in [6.07, 6.45) is 5.74. The Bertz CT molecular complexity index is 665. The summed E-state index contributed by atoms with van der Waals surface area (Å²) < 4.78 is 2.21. The van der Waals surface area contributed by atoms with Crippen LogP contribution < -0.4 is 0 Å². The molecule has 0 spiro atoms. The average molecular weight is 286 g/mol. The average Bonchev–Trinajstić information content (AvgIpc) is 2.79. The van der Waals surface area contributed by atoms with Gasteiger partial charge >= 0.3 is 0 Å². The Morgan fingerprint density at radius 1 is 1.40 bits per heavy atom. The monoisotopic (exact) mass is 286 g/mol. The van der Waals surface area contributed by atoms with Gasteiger partial charge in [-0.15, -0.1) is 0 Å². The summed E-state index contributed by atoms with van der Waals surface area (Å²) in [5.41, 5.74) is 2.21. The van der Waals surface area contributed by atoms with Crippen molar-refractivity contribution in [3.63, 3.8) is 0 Å². The number of H-pyrrole nitrogens is 1. The van der Waals surface area contributed by atoms with Crippen molar-refractivity contribution in [2.75, 3.05) is 0 Å². The fraction of sp³-hybridized carbons (Fsp3) is 0.267. The van der Waals surface area contributed by atoms with Crippen LogP contribution in [0.1, 0.15) is 31.7 Å². The van der Waals surface area contributed by atoms with Crippen molar-refractivity contribution in [3.05, 3.63) is 52.1 Å². The molecule has 0 atom stereocenters. The maximum absolute atomic E-state index is 5.18. The van der Waals surface area contributed by atoms with Crippen LogP contribution in [0.5, 0.6) is 0 Å². The van der Waals surface area contributed by atoms with Crippen LogP contribution in [0.4, 0.5) is 0 Å². The van der Waals surface area contributed by atoms with Crippen LogP contribution in [0.15, 0.2) is 41.0 Å². The fourth-order valence-electron chi connectivity index (χ4n) is 1.83. The SMILES string of the molecule is CCCc1n[nH]c(=S)n1/N=C/C(C)=C\c1ccccc1. The normalized spacial score (nSPS) is 12.2. The molecule has 20 heavy (non-hydrogen) atoms. The summed E-state index contributed by atoms with van der Waals surface area (Å²) in [6.45, 7) is 4.12. The van der Waals surface area contributed by atoms with Gasteiger partial charge in [-0.05, 0) is 36.7 Å². The first kappa shape index (κ1) is 14.4. The zero-order valence-electron chi connectivity index (χ0n) is 11.7. The lowest BCUT2D eigenvalue weighted by molar-refractivity contribution is 0.739. The number of aromatic nitrogens is 3. The quantitative estimate of drug-likeness (QED) is 0.670. The predicted octanol–water partition coefficient (Wildman–Crippen LogP) is 3.83. The molecule has 1 aromatic heterocycles. The van der Waals surface area contributed by atoms with E-state index >= 15 is 0 Å². The molecule has 1 aromatic carbocycles. The van der Waals surface area contributed by atoms with E-state index in [1.165, 1.54) is 0 Å². The second-order valence-electron chi connectivity index (χ2n) is 4.55. The second-order valence-corrected chi connectivity index (χ2v) is 4.94. The largest absolute Gasteiger partial charge is 0.250 e. The molecule has 0 aliphatic heterocycles. The van der Waals surface area contributed by atoms with Gasteiger partial charge in [0.2, 0.25) is 4.77 Å². The van der Waals surface area contributed by atoms with Gasteiger partial charge in [0.15, 0.2) is 5.82 Å². The van der Waals surface area contributed by atoms with Gasteiger partial charge in [-0.3, -0.25) is 5.10 Å². The Kier molecular flexibility index (Phi) is 5.01.